The van der Waals surface area contributed by atoms with Gasteiger partial charge in [0.25, 0.3) is 5.91 Å². The van der Waals surface area contributed by atoms with Crippen LogP contribution in [0, 0.1) is 0 Å². The smallest absolute Gasteiger partial charge is 0.262 e. The van der Waals surface area contributed by atoms with E-state index < -0.39 is 0 Å². The van der Waals surface area contributed by atoms with Crippen molar-refractivity contribution in [3.05, 3.63) is 87.8 Å². The lowest BCUT2D eigenvalue weighted by Gasteiger charge is -2.18. The molecule has 29 heavy (non-hydrogen) atoms. The number of nitrogens with one attached hydrogen (secondary N) is 1. The third-order valence-corrected chi connectivity index (χ3v) is 5.87. The van der Waals surface area contributed by atoms with Crippen LogP contribution in [-0.2, 0) is 11.4 Å². The van der Waals surface area contributed by atoms with Crippen molar-refractivity contribution in [2.24, 2.45) is 0 Å². The van der Waals surface area contributed by atoms with E-state index in [0.29, 0.717) is 28.0 Å². The summed E-state index contributed by atoms with van der Waals surface area (Å²) in [5.74, 6) is 1.08. The Morgan fingerprint density at radius 2 is 1.83 bits per heavy atom. The fraction of sp³-hybridized carbons (Fsp3) is 0.0870. The van der Waals surface area contributed by atoms with Gasteiger partial charge in [0.2, 0.25) is 0 Å². The van der Waals surface area contributed by atoms with E-state index in [1.165, 1.54) is 11.8 Å². The molecular formula is C23H18ClNO3S. The van der Waals surface area contributed by atoms with Crippen molar-refractivity contribution < 1.29 is 14.3 Å². The van der Waals surface area contributed by atoms with Gasteiger partial charge in [-0.3, -0.25) is 4.79 Å². The minimum atomic E-state index is -0.119. The van der Waals surface area contributed by atoms with E-state index in [9.17, 15) is 4.79 Å². The van der Waals surface area contributed by atoms with Crippen molar-refractivity contribution >= 4 is 41.0 Å². The minimum Gasteiger partial charge on any atom is -0.493 e. The average molecular weight is 424 g/mol. The highest BCUT2D eigenvalue weighted by atomic mass is 35.5. The number of rotatable bonds is 5. The highest BCUT2D eigenvalue weighted by Crippen LogP contribution is 2.39. The minimum absolute atomic E-state index is 0.119. The maximum Gasteiger partial charge on any atom is 0.262 e. The number of para-hydroxylation sites is 1. The number of thioether (sulfide) groups is 1. The molecule has 0 radical (unpaired) electrons. The molecule has 1 aliphatic rings. The summed E-state index contributed by atoms with van der Waals surface area (Å²) in [6.07, 6.45) is 1.84. The van der Waals surface area contributed by atoms with Gasteiger partial charge in [0.05, 0.1) is 17.7 Å². The molecule has 0 atom stereocenters. The van der Waals surface area contributed by atoms with Crippen molar-refractivity contribution in [2.75, 3.05) is 12.4 Å². The van der Waals surface area contributed by atoms with Crippen LogP contribution in [0.5, 0.6) is 11.5 Å². The maximum absolute atomic E-state index is 12.4. The summed E-state index contributed by atoms with van der Waals surface area (Å²) in [4.78, 5) is 14.0. The van der Waals surface area contributed by atoms with Crippen molar-refractivity contribution in [2.45, 2.75) is 11.5 Å². The molecule has 0 spiro atoms. The van der Waals surface area contributed by atoms with Crippen LogP contribution in [0.15, 0.2) is 76.5 Å². The van der Waals surface area contributed by atoms with Crippen LogP contribution in [0.4, 0.5) is 5.69 Å². The van der Waals surface area contributed by atoms with Crippen molar-refractivity contribution in [3.8, 4) is 11.5 Å². The molecule has 0 saturated heterocycles. The van der Waals surface area contributed by atoms with Gasteiger partial charge in [0, 0.05) is 15.5 Å². The van der Waals surface area contributed by atoms with E-state index >= 15 is 0 Å². The molecule has 0 aromatic heterocycles. The number of carbonyl (C=O) groups excluding carboxylic acids is 1. The Kier molecular flexibility index (Phi) is 5.79. The Bertz CT molecular complexity index is 1100. The fourth-order valence-electron chi connectivity index (χ4n) is 2.92. The molecule has 0 aliphatic carbocycles. The van der Waals surface area contributed by atoms with Gasteiger partial charge in [-0.1, -0.05) is 59.8 Å². The lowest BCUT2D eigenvalue weighted by molar-refractivity contribution is -0.112. The topological polar surface area (TPSA) is 47.6 Å². The zero-order valence-corrected chi connectivity index (χ0v) is 17.2. The third-order valence-electron chi connectivity index (χ3n) is 4.41. The number of methoxy groups -OCH3 is 1. The van der Waals surface area contributed by atoms with Gasteiger partial charge in [-0.05, 0) is 42.0 Å². The van der Waals surface area contributed by atoms with Crippen LogP contribution in [0.2, 0.25) is 5.02 Å². The molecule has 146 valence electrons. The predicted molar refractivity (Wildman–Crippen MR) is 118 cm³/mol. The number of ether oxygens (including phenoxy) is 2. The van der Waals surface area contributed by atoms with Gasteiger partial charge in [0.1, 0.15) is 6.61 Å². The molecule has 3 aromatic carbocycles. The van der Waals surface area contributed by atoms with E-state index in [-0.39, 0.29) is 5.91 Å². The molecule has 1 aliphatic heterocycles. The first-order chi connectivity index (χ1) is 14.1. The van der Waals surface area contributed by atoms with Gasteiger partial charge in [-0.2, -0.15) is 0 Å². The summed E-state index contributed by atoms with van der Waals surface area (Å²) in [6, 6.07) is 20.9. The molecule has 6 heteroatoms. The molecular weight excluding hydrogens is 406 g/mol. The van der Waals surface area contributed by atoms with Gasteiger partial charge >= 0.3 is 0 Å². The van der Waals surface area contributed by atoms with Crippen molar-refractivity contribution in [1.82, 2.24) is 0 Å². The molecule has 4 rings (SSSR count). The summed E-state index contributed by atoms with van der Waals surface area (Å²) >= 11 is 7.64. The van der Waals surface area contributed by atoms with Crippen LogP contribution >= 0.6 is 23.4 Å². The molecule has 0 saturated carbocycles. The third kappa shape index (κ3) is 4.42. The molecule has 4 nitrogen and oxygen atoms in total. The summed E-state index contributed by atoms with van der Waals surface area (Å²) in [7, 11) is 1.59. The fourth-order valence-corrected chi connectivity index (χ4v) is 4.06. The number of carbonyl (C=O) groups is 1. The number of fused-ring (bicyclic) bond motifs is 1. The molecule has 0 fully saturated rings. The number of amides is 1. The average Bonchev–Trinajstić information content (AvgIpc) is 2.74. The quantitative estimate of drug-likeness (QED) is 0.510. The molecule has 0 bridgehead atoms. The monoisotopic (exact) mass is 423 g/mol. The lowest BCUT2D eigenvalue weighted by Crippen LogP contribution is -2.17. The van der Waals surface area contributed by atoms with Gasteiger partial charge in [-0.15, -0.1) is 0 Å². The van der Waals surface area contributed by atoms with E-state index in [2.05, 4.69) is 5.32 Å². The zero-order valence-electron chi connectivity index (χ0n) is 15.6. The van der Waals surface area contributed by atoms with E-state index in [4.69, 9.17) is 21.1 Å². The molecule has 0 unspecified atom stereocenters. The SMILES string of the molecule is COc1cc(/C=C2\Sc3ccccc3NC2=O)ccc1OCc1ccccc1Cl. The number of anilines is 1. The van der Waals surface area contributed by atoms with Crippen LogP contribution in [0.25, 0.3) is 6.08 Å². The number of hydrogen-bond donors (Lipinski definition) is 1. The number of halogens is 1. The van der Waals surface area contributed by atoms with Crippen LogP contribution < -0.4 is 14.8 Å². The second kappa shape index (κ2) is 8.64. The molecule has 1 amide bonds. The molecule has 1 heterocycles. The molecule has 1 N–H and O–H groups in total. The van der Waals surface area contributed by atoms with Crippen LogP contribution in [0.1, 0.15) is 11.1 Å². The Morgan fingerprint density at radius 3 is 2.66 bits per heavy atom. The first kappa shape index (κ1) is 19.4. The van der Waals surface area contributed by atoms with E-state index in [0.717, 1.165) is 21.7 Å². The highest BCUT2D eigenvalue weighted by molar-refractivity contribution is 8.04. The van der Waals surface area contributed by atoms with Gasteiger partial charge in [0.15, 0.2) is 11.5 Å². The number of benzene rings is 3. The van der Waals surface area contributed by atoms with Crippen molar-refractivity contribution in [1.29, 1.82) is 0 Å². The largest absolute Gasteiger partial charge is 0.493 e. The van der Waals surface area contributed by atoms with E-state index in [1.54, 1.807) is 7.11 Å². The summed E-state index contributed by atoms with van der Waals surface area (Å²) in [5, 5.41) is 3.58. The predicted octanol–water partition coefficient (Wildman–Crippen LogP) is 6.01. The van der Waals surface area contributed by atoms with Crippen LogP contribution in [-0.4, -0.2) is 13.0 Å². The summed E-state index contributed by atoms with van der Waals surface area (Å²) in [5.41, 5.74) is 2.58. The van der Waals surface area contributed by atoms with Crippen molar-refractivity contribution in [3.63, 3.8) is 0 Å². The van der Waals surface area contributed by atoms with Crippen LogP contribution in [0.3, 0.4) is 0 Å². The molecule has 3 aromatic rings. The number of hydrogen-bond acceptors (Lipinski definition) is 4. The summed E-state index contributed by atoms with van der Waals surface area (Å²) in [6.45, 7) is 0.339. The Labute approximate surface area is 178 Å². The summed E-state index contributed by atoms with van der Waals surface area (Å²) < 4.78 is 11.4. The first-order valence-corrected chi connectivity index (χ1v) is 10.2. The Morgan fingerprint density at radius 1 is 1.03 bits per heavy atom. The Balaban J connectivity index is 1.54. The normalized spacial score (nSPS) is 14.3. The van der Waals surface area contributed by atoms with E-state index in [1.807, 2.05) is 72.8 Å². The van der Waals surface area contributed by atoms with Gasteiger partial charge in [-0.25, -0.2) is 0 Å². The lowest BCUT2D eigenvalue weighted by atomic mass is 10.1. The Hall–Kier alpha value is -2.89. The standard InChI is InChI=1S/C23H18ClNO3S/c1-27-20-12-15(10-11-19(20)28-14-16-6-2-3-7-17(16)24)13-22-23(26)25-18-8-4-5-9-21(18)29-22/h2-13H,14H2,1H3,(H,25,26)/b22-13-. The zero-order chi connectivity index (χ0) is 20.2. The second-order valence-corrected chi connectivity index (χ2v) is 7.84. The maximum atomic E-state index is 12.4. The highest BCUT2D eigenvalue weighted by Gasteiger charge is 2.20. The first-order valence-electron chi connectivity index (χ1n) is 8.98. The van der Waals surface area contributed by atoms with Gasteiger partial charge < -0.3 is 14.8 Å². The second-order valence-electron chi connectivity index (χ2n) is 6.35.